The molecule has 1 aromatic carbocycles. The molecule has 0 radical (unpaired) electrons. The zero-order valence-electron chi connectivity index (χ0n) is 8.22. The number of hydrazine groups is 2. The highest BCUT2D eigenvalue weighted by Crippen LogP contribution is 2.22. The van der Waals surface area contributed by atoms with Crippen molar-refractivity contribution in [3.05, 3.63) is 28.8 Å². The van der Waals surface area contributed by atoms with Gasteiger partial charge in [-0.2, -0.15) is 0 Å². The summed E-state index contributed by atoms with van der Waals surface area (Å²) >= 11 is 0. The lowest BCUT2D eigenvalue weighted by Gasteiger charge is -2.12. The van der Waals surface area contributed by atoms with Crippen LogP contribution < -0.4 is 22.5 Å². The van der Waals surface area contributed by atoms with Crippen LogP contribution in [0, 0.1) is 13.8 Å². The fourth-order valence-electron chi connectivity index (χ4n) is 1.27. The molecule has 0 aliphatic carbocycles. The number of anilines is 1. The second kappa shape index (κ2) is 4.08. The van der Waals surface area contributed by atoms with Crippen LogP contribution in [0.25, 0.3) is 0 Å². The van der Waals surface area contributed by atoms with Gasteiger partial charge in [0.25, 0.3) is 5.91 Å². The van der Waals surface area contributed by atoms with Gasteiger partial charge in [0.05, 0.1) is 11.3 Å². The number of rotatable bonds is 2. The molecule has 76 valence electrons. The minimum atomic E-state index is -0.360. The van der Waals surface area contributed by atoms with E-state index in [4.69, 9.17) is 11.7 Å². The zero-order chi connectivity index (χ0) is 10.7. The van der Waals surface area contributed by atoms with E-state index in [2.05, 4.69) is 10.9 Å². The standard InChI is InChI=1S/C9H14N4O/c1-5-3-4-7(9(14)13-11)8(12-10)6(5)2/h3-4,12H,10-11H2,1-2H3,(H,13,14). The summed E-state index contributed by atoms with van der Waals surface area (Å²) in [6.07, 6.45) is 0. The Morgan fingerprint density at radius 1 is 1.29 bits per heavy atom. The monoisotopic (exact) mass is 194 g/mol. The lowest BCUT2D eigenvalue weighted by atomic mass is 10.0. The van der Waals surface area contributed by atoms with Gasteiger partial charge in [0.2, 0.25) is 0 Å². The number of hydrogen-bond acceptors (Lipinski definition) is 4. The molecule has 0 spiro atoms. The molecule has 0 saturated carbocycles. The van der Waals surface area contributed by atoms with Crippen LogP contribution in [0.3, 0.4) is 0 Å². The largest absolute Gasteiger partial charge is 0.323 e. The summed E-state index contributed by atoms with van der Waals surface area (Å²) in [6, 6.07) is 3.53. The number of carbonyl (C=O) groups excluding carboxylic acids is 1. The van der Waals surface area contributed by atoms with Crippen molar-refractivity contribution in [3.8, 4) is 0 Å². The predicted molar refractivity (Wildman–Crippen MR) is 55.4 cm³/mol. The van der Waals surface area contributed by atoms with Crippen molar-refractivity contribution >= 4 is 11.6 Å². The van der Waals surface area contributed by atoms with Crippen molar-refractivity contribution in [2.24, 2.45) is 11.7 Å². The van der Waals surface area contributed by atoms with Crippen molar-refractivity contribution in [3.63, 3.8) is 0 Å². The number of carbonyl (C=O) groups is 1. The number of aryl methyl sites for hydroxylation is 1. The maximum absolute atomic E-state index is 11.3. The van der Waals surface area contributed by atoms with Gasteiger partial charge >= 0.3 is 0 Å². The second-order valence-electron chi connectivity index (χ2n) is 3.05. The summed E-state index contributed by atoms with van der Waals surface area (Å²) in [6.45, 7) is 3.83. The van der Waals surface area contributed by atoms with E-state index in [0.717, 1.165) is 11.1 Å². The fraction of sp³-hybridized carbons (Fsp3) is 0.222. The molecule has 0 bridgehead atoms. The first-order chi connectivity index (χ1) is 6.61. The van der Waals surface area contributed by atoms with E-state index in [1.54, 1.807) is 6.07 Å². The van der Waals surface area contributed by atoms with Gasteiger partial charge in [-0.1, -0.05) is 6.07 Å². The van der Waals surface area contributed by atoms with Crippen LogP contribution in [-0.2, 0) is 0 Å². The van der Waals surface area contributed by atoms with Crippen LogP contribution in [0.5, 0.6) is 0 Å². The Hall–Kier alpha value is -1.59. The second-order valence-corrected chi connectivity index (χ2v) is 3.05. The molecule has 0 unspecified atom stereocenters. The lowest BCUT2D eigenvalue weighted by Crippen LogP contribution is -2.31. The third-order valence-corrected chi connectivity index (χ3v) is 2.26. The number of nitrogen functional groups attached to an aromatic ring is 2. The molecule has 0 aliphatic rings. The zero-order valence-corrected chi connectivity index (χ0v) is 8.22. The van der Waals surface area contributed by atoms with Crippen molar-refractivity contribution < 1.29 is 4.79 Å². The minimum Gasteiger partial charge on any atom is -0.323 e. The summed E-state index contributed by atoms with van der Waals surface area (Å²) < 4.78 is 0. The Balaban J connectivity index is 3.31. The maximum Gasteiger partial charge on any atom is 0.267 e. The first kappa shape index (κ1) is 10.5. The lowest BCUT2D eigenvalue weighted by molar-refractivity contribution is 0.0954. The Morgan fingerprint density at radius 3 is 2.43 bits per heavy atom. The molecule has 0 fully saturated rings. The van der Waals surface area contributed by atoms with E-state index in [1.807, 2.05) is 19.9 Å². The predicted octanol–water partition coefficient (Wildman–Crippen LogP) is 0.193. The fourth-order valence-corrected chi connectivity index (χ4v) is 1.27. The molecule has 1 rings (SSSR count). The Morgan fingerprint density at radius 2 is 1.93 bits per heavy atom. The van der Waals surface area contributed by atoms with Crippen LogP contribution in [0.1, 0.15) is 21.5 Å². The quantitative estimate of drug-likeness (QED) is 0.307. The Kier molecular flexibility index (Phi) is 3.06. The van der Waals surface area contributed by atoms with Crippen molar-refractivity contribution in [2.45, 2.75) is 13.8 Å². The Bertz CT molecular complexity index is 362. The molecule has 0 atom stereocenters. The first-order valence-electron chi connectivity index (χ1n) is 4.19. The van der Waals surface area contributed by atoms with Gasteiger partial charge in [-0.05, 0) is 31.0 Å². The molecular weight excluding hydrogens is 180 g/mol. The molecular formula is C9H14N4O. The van der Waals surface area contributed by atoms with E-state index >= 15 is 0 Å². The summed E-state index contributed by atoms with van der Waals surface area (Å²) in [7, 11) is 0. The van der Waals surface area contributed by atoms with Crippen molar-refractivity contribution in [1.29, 1.82) is 0 Å². The first-order valence-corrected chi connectivity index (χ1v) is 4.19. The normalized spacial score (nSPS) is 9.71. The highest BCUT2D eigenvalue weighted by atomic mass is 16.2. The molecule has 0 saturated heterocycles. The summed E-state index contributed by atoms with van der Waals surface area (Å²) in [5.41, 5.74) is 7.62. The average Bonchev–Trinajstić information content (AvgIpc) is 2.20. The van der Waals surface area contributed by atoms with Gasteiger partial charge in [-0.3, -0.25) is 16.1 Å². The Labute approximate surface area is 82.4 Å². The van der Waals surface area contributed by atoms with Crippen molar-refractivity contribution in [1.82, 2.24) is 5.43 Å². The SMILES string of the molecule is Cc1ccc(C(=O)NN)c(NN)c1C. The molecule has 1 aromatic rings. The van der Waals surface area contributed by atoms with Crippen molar-refractivity contribution in [2.75, 3.05) is 5.43 Å². The van der Waals surface area contributed by atoms with Gasteiger partial charge < -0.3 is 5.43 Å². The smallest absolute Gasteiger partial charge is 0.267 e. The molecule has 14 heavy (non-hydrogen) atoms. The van der Waals surface area contributed by atoms with Crippen LogP contribution >= 0.6 is 0 Å². The average molecular weight is 194 g/mol. The summed E-state index contributed by atoms with van der Waals surface area (Å²) in [5, 5.41) is 0. The van der Waals surface area contributed by atoms with Crippen LogP contribution in [0.4, 0.5) is 5.69 Å². The molecule has 6 N–H and O–H groups in total. The van der Waals surface area contributed by atoms with Gasteiger partial charge in [0, 0.05) is 0 Å². The molecule has 0 heterocycles. The topological polar surface area (TPSA) is 93.2 Å². The number of nitrogens with two attached hydrogens (primary N) is 2. The third-order valence-electron chi connectivity index (χ3n) is 2.26. The highest BCUT2D eigenvalue weighted by molar-refractivity contribution is 6.00. The minimum absolute atomic E-state index is 0.360. The van der Waals surface area contributed by atoms with E-state index in [0.29, 0.717) is 11.3 Å². The third kappa shape index (κ3) is 1.68. The van der Waals surface area contributed by atoms with E-state index in [-0.39, 0.29) is 5.91 Å². The number of hydrogen-bond donors (Lipinski definition) is 4. The summed E-state index contributed by atoms with van der Waals surface area (Å²) in [4.78, 5) is 11.3. The van der Waals surface area contributed by atoms with E-state index < -0.39 is 0 Å². The highest BCUT2D eigenvalue weighted by Gasteiger charge is 2.12. The van der Waals surface area contributed by atoms with Gasteiger partial charge in [0.15, 0.2) is 0 Å². The summed E-state index contributed by atoms with van der Waals surface area (Å²) in [5.74, 6) is 10.0. The van der Waals surface area contributed by atoms with Gasteiger partial charge in [0.1, 0.15) is 0 Å². The van der Waals surface area contributed by atoms with Gasteiger partial charge in [-0.15, -0.1) is 0 Å². The molecule has 5 heteroatoms. The van der Waals surface area contributed by atoms with Crippen LogP contribution in [-0.4, -0.2) is 5.91 Å². The molecule has 0 aliphatic heterocycles. The molecule has 1 amide bonds. The molecule has 0 aromatic heterocycles. The van der Waals surface area contributed by atoms with Gasteiger partial charge in [-0.25, -0.2) is 5.84 Å². The number of benzene rings is 1. The van der Waals surface area contributed by atoms with Crippen LogP contribution in [0.2, 0.25) is 0 Å². The van der Waals surface area contributed by atoms with E-state index in [9.17, 15) is 4.79 Å². The number of nitrogens with one attached hydrogen (secondary N) is 2. The molecule has 5 nitrogen and oxygen atoms in total. The number of amides is 1. The van der Waals surface area contributed by atoms with E-state index in [1.165, 1.54) is 0 Å². The maximum atomic E-state index is 11.3. The van der Waals surface area contributed by atoms with Crippen LogP contribution in [0.15, 0.2) is 12.1 Å².